The number of carbonyl (C=O) groups is 3. The van der Waals surface area contributed by atoms with E-state index >= 15 is 0 Å². The van der Waals surface area contributed by atoms with Gasteiger partial charge < -0.3 is 4.57 Å². The fraction of sp³-hybridized carbons (Fsp3) is 0.125. The number of halogens is 1. The maximum Gasteiger partial charge on any atom is 0.293 e. The molecule has 31 heavy (non-hydrogen) atoms. The molecule has 1 fully saturated rings. The number of aryl methyl sites for hydroxylation is 1. The third-order valence-electron chi connectivity index (χ3n) is 5.11. The second-order valence-electron chi connectivity index (χ2n) is 7.20. The van der Waals surface area contributed by atoms with Gasteiger partial charge in [0.2, 0.25) is 0 Å². The second-order valence-corrected chi connectivity index (χ2v) is 8.62. The van der Waals surface area contributed by atoms with Gasteiger partial charge in [-0.1, -0.05) is 41.9 Å². The van der Waals surface area contributed by atoms with E-state index in [4.69, 9.17) is 11.6 Å². The average Bonchev–Trinajstić information content (AvgIpc) is 3.19. The summed E-state index contributed by atoms with van der Waals surface area (Å²) in [6.45, 7) is 3.66. The number of benzene rings is 2. The van der Waals surface area contributed by atoms with Crippen LogP contribution in [0.25, 0.3) is 11.8 Å². The van der Waals surface area contributed by atoms with E-state index < -0.39 is 11.1 Å². The summed E-state index contributed by atoms with van der Waals surface area (Å²) in [5.41, 5.74) is 4.20. The summed E-state index contributed by atoms with van der Waals surface area (Å²) < 4.78 is 2.06. The number of amides is 2. The van der Waals surface area contributed by atoms with Crippen molar-refractivity contribution in [3.8, 4) is 5.69 Å². The minimum Gasteiger partial charge on any atom is -0.318 e. The van der Waals surface area contributed by atoms with Crippen LogP contribution in [0.3, 0.4) is 0 Å². The molecule has 0 spiro atoms. The van der Waals surface area contributed by atoms with Crippen LogP contribution in [0.15, 0.2) is 65.6 Å². The molecule has 1 aliphatic heterocycles. The van der Waals surface area contributed by atoms with E-state index in [0.717, 1.165) is 39.3 Å². The molecular weight excluding hydrogens is 432 g/mol. The molecule has 1 saturated heterocycles. The Morgan fingerprint density at radius 2 is 1.71 bits per heavy atom. The molecule has 0 unspecified atom stereocenters. The first-order chi connectivity index (χ1) is 14.8. The quantitative estimate of drug-likeness (QED) is 0.371. The predicted octanol–water partition coefficient (Wildman–Crippen LogP) is 5.67. The lowest BCUT2D eigenvalue weighted by Gasteiger charge is -2.11. The molecule has 0 saturated carbocycles. The molecule has 2 heterocycles. The summed E-state index contributed by atoms with van der Waals surface area (Å²) in [6, 6.07) is 18.1. The van der Waals surface area contributed by atoms with Gasteiger partial charge in [-0.3, -0.25) is 19.3 Å². The van der Waals surface area contributed by atoms with Crippen LogP contribution < -0.4 is 0 Å². The topological polar surface area (TPSA) is 59.4 Å². The Morgan fingerprint density at radius 3 is 2.39 bits per heavy atom. The van der Waals surface area contributed by atoms with Crippen LogP contribution >= 0.6 is 23.4 Å². The number of thioether (sulfide) groups is 1. The van der Waals surface area contributed by atoms with Gasteiger partial charge in [0.1, 0.15) is 0 Å². The molecule has 0 atom stereocenters. The van der Waals surface area contributed by atoms with Gasteiger partial charge in [-0.25, -0.2) is 0 Å². The highest BCUT2D eigenvalue weighted by atomic mass is 35.5. The van der Waals surface area contributed by atoms with Gasteiger partial charge in [0.05, 0.1) is 11.4 Å². The second kappa shape index (κ2) is 8.57. The predicted molar refractivity (Wildman–Crippen MR) is 124 cm³/mol. The third kappa shape index (κ3) is 4.22. The van der Waals surface area contributed by atoms with Crippen LogP contribution in [-0.2, 0) is 4.79 Å². The van der Waals surface area contributed by atoms with E-state index in [9.17, 15) is 14.4 Å². The Hall–Kier alpha value is -3.09. The average molecular weight is 451 g/mol. The van der Waals surface area contributed by atoms with Crippen LogP contribution in [0.5, 0.6) is 0 Å². The van der Waals surface area contributed by atoms with Crippen molar-refractivity contribution in [2.24, 2.45) is 0 Å². The highest BCUT2D eigenvalue weighted by Crippen LogP contribution is 2.34. The molecular formula is C24H19ClN2O3S. The number of Topliss-reactive ketones (excluding diaryl/α,β-unsaturated/α-hetero) is 1. The highest BCUT2D eigenvalue weighted by molar-refractivity contribution is 8.18. The minimum atomic E-state index is -0.449. The van der Waals surface area contributed by atoms with Crippen molar-refractivity contribution in [1.82, 2.24) is 9.47 Å². The van der Waals surface area contributed by atoms with Gasteiger partial charge in [0.25, 0.3) is 11.1 Å². The van der Waals surface area contributed by atoms with E-state index in [-0.39, 0.29) is 12.3 Å². The lowest BCUT2D eigenvalue weighted by molar-refractivity contribution is -0.122. The highest BCUT2D eigenvalue weighted by Gasteiger charge is 2.36. The molecule has 4 rings (SSSR count). The summed E-state index contributed by atoms with van der Waals surface area (Å²) in [7, 11) is 0. The van der Waals surface area contributed by atoms with Gasteiger partial charge in [-0.05, 0) is 67.6 Å². The fourth-order valence-electron chi connectivity index (χ4n) is 3.56. The molecule has 0 bridgehead atoms. The zero-order valence-electron chi connectivity index (χ0n) is 17.0. The largest absolute Gasteiger partial charge is 0.318 e. The lowest BCUT2D eigenvalue weighted by Crippen LogP contribution is -2.33. The van der Waals surface area contributed by atoms with Crippen LogP contribution in [0.1, 0.15) is 27.3 Å². The van der Waals surface area contributed by atoms with E-state index in [2.05, 4.69) is 4.57 Å². The van der Waals surface area contributed by atoms with Crippen LogP contribution in [-0.4, -0.2) is 32.9 Å². The van der Waals surface area contributed by atoms with Crippen molar-refractivity contribution >= 4 is 46.4 Å². The Balaban J connectivity index is 1.59. The van der Waals surface area contributed by atoms with Crippen molar-refractivity contribution in [1.29, 1.82) is 0 Å². The molecule has 0 N–H and O–H groups in total. The summed E-state index contributed by atoms with van der Waals surface area (Å²) in [5, 5.41) is 0.220. The zero-order chi connectivity index (χ0) is 22.1. The third-order valence-corrected chi connectivity index (χ3v) is 6.27. The molecule has 7 heteroatoms. The molecule has 0 radical (unpaired) electrons. The van der Waals surface area contributed by atoms with Gasteiger partial charge in [0, 0.05) is 27.7 Å². The number of imide groups is 1. The van der Waals surface area contributed by atoms with E-state index in [1.165, 1.54) is 0 Å². The van der Waals surface area contributed by atoms with Crippen molar-refractivity contribution in [2.75, 3.05) is 6.54 Å². The summed E-state index contributed by atoms with van der Waals surface area (Å²) >= 11 is 6.85. The van der Waals surface area contributed by atoms with E-state index in [1.807, 2.05) is 44.2 Å². The number of rotatable bonds is 5. The molecule has 3 aromatic rings. The normalized spacial score (nSPS) is 15.2. The molecule has 2 amide bonds. The van der Waals surface area contributed by atoms with Crippen molar-refractivity contribution in [3.63, 3.8) is 0 Å². The number of aromatic nitrogens is 1. The maximum atomic E-state index is 12.8. The smallest absolute Gasteiger partial charge is 0.293 e. The number of ketones is 1. The molecule has 2 aromatic carbocycles. The zero-order valence-corrected chi connectivity index (χ0v) is 18.5. The van der Waals surface area contributed by atoms with Gasteiger partial charge in [-0.15, -0.1) is 0 Å². The van der Waals surface area contributed by atoms with E-state index in [1.54, 1.807) is 36.4 Å². The Bertz CT molecular complexity index is 1210. The van der Waals surface area contributed by atoms with Gasteiger partial charge >= 0.3 is 0 Å². The van der Waals surface area contributed by atoms with Gasteiger partial charge in [-0.2, -0.15) is 0 Å². The number of nitrogens with zero attached hydrogens (tertiary/aromatic N) is 2. The Morgan fingerprint density at radius 1 is 1.03 bits per heavy atom. The molecule has 156 valence electrons. The van der Waals surface area contributed by atoms with E-state index in [0.29, 0.717) is 15.5 Å². The first kappa shape index (κ1) is 21.2. The minimum absolute atomic E-state index is 0.268. The van der Waals surface area contributed by atoms with Crippen molar-refractivity contribution in [3.05, 3.63) is 93.1 Å². The lowest BCUT2D eigenvalue weighted by atomic mass is 10.1. The molecule has 5 nitrogen and oxygen atoms in total. The first-order valence-corrected chi connectivity index (χ1v) is 10.8. The number of carbonyl (C=O) groups excluding carboxylic acids is 3. The first-order valence-electron chi connectivity index (χ1n) is 9.63. The van der Waals surface area contributed by atoms with Crippen LogP contribution in [0.2, 0.25) is 5.02 Å². The number of hydrogen-bond donors (Lipinski definition) is 0. The standard InChI is InChI=1S/C24H19ClN2O3S/c1-15-12-18(16(2)27(15)20-10-8-19(25)9-11-20)13-22-23(29)26(24(30)31-22)14-21(28)17-6-4-3-5-7-17/h3-13H,14H2,1-2H3/b22-13+. The molecule has 1 aliphatic rings. The molecule has 1 aromatic heterocycles. The van der Waals surface area contributed by atoms with Crippen molar-refractivity contribution in [2.45, 2.75) is 13.8 Å². The number of hydrogen-bond acceptors (Lipinski definition) is 4. The SMILES string of the molecule is Cc1cc(/C=C2/SC(=O)N(CC(=O)c3ccccc3)C2=O)c(C)n1-c1ccc(Cl)cc1. The monoisotopic (exact) mass is 450 g/mol. The Kier molecular flexibility index (Phi) is 5.85. The van der Waals surface area contributed by atoms with Gasteiger partial charge in [0.15, 0.2) is 5.78 Å². The van der Waals surface area contributed by atoms with Crippen LogP contribution in [0.4, 0.5) is 4.79 Å². The fourth-order valence-corrected chi connectivity index (χ4v) is 4.51. The maximum absolute atomic E-state index is 12.8. The molecule has 0 aliphatic carbocycles. The Labute approximate surface area is 189 Å². The van der Waals surface area contributed by atoms with Crippen LogP contribution in [0, 0.1) is 13.8 Å². The summed E-state index contributed by atoms with van der Waals surface area (Å²) in [4.78, 5) is 39.0. The summed E-state index contributed by atoms with van der Waals surface area (Å²) in [5.74, 6) is -0.722. The van der Waals surface area contributed by atoms with Crippen molar-refractivity contribution < 1.29 is 14.4 Å². The summed E-state index contributed by atoms with van der Waals surface area (Å²) in [6.07, 6.45) is 1.71.